The molecule has 0 bridgehead atoms. The largest absolute Gasteiger partial charge is 0.330 e. The lowest BCUT2D eigenvalue weighted by Gasteiger charge is -2.40. The van der Waals surface area contributed by atoms with Crippen LogP contribution in [0.15, 0.2) is 0 Å². The van der Waals surface area contributed by atoms with Crippen LogP contribution in [0.1, 0.15) is 12.8 Å². The lowest BCUT2D eigenvalue weighted by molar-refractivity contribution is 0.131. The molecular weight excluding hydrogens is 522 g/mol. The van der Waals surface area contributed by atoms with Gasteiger partial charge in [-0.1, -0.05) is 0 Å². The highest BCUT2D eigenvalue weighted by atomic mass is 35.5. The van der Waals surface area contributed by atoms with Gasteiger partial charge in [-0.25, -0.2) is 38.4 Å². The van der Waals surface area contributed by atoms with E-state index in [1.807, 2.05) is 0 Å². The predicted octanol–water partition coefficient (Wildman–Crippen LogP) is -1.31. The van der Waals surface area contributed by atoms with Gasteiger partial charge in [0.05, 0.1) is 0 Å². The Kier molecular flexibility index (Phi) is 13.9. The molecule has 1 aliphatic heterocycles. The van der Waals surface area contributed by atoms with Gasteiger partial charge in [0.1, 0.15) is 0 Å². The third kappa shape index (κ3) is 10.6. The van der Waals surface area contributed by atoms with Crippen LogP contribution in [0, 0.1) is 5.92 Å². The van der Waals surface area contributed by atoms with Crippen LogP contribution >= 0.6 is 24.8 Å². The van der Waals surface area contributed by atoms with Crippen molar-refractivity contribution in [2.45, 2.75) is 18.6 Å². The van der Waals surface area contributed by atoms with Crippen molar-refractivity contribution >= 4 is 54.9 Å². The summed E-state index contributed by atoms with van der Waals surface area (Å²) in [5, 5.41) is 0. The van der Waals surface area contributed by atoms with E-state index in [4.69, 9.17) is 5.73 Å². The van der Waals surface area contributed by atoms with Gasteiger partial charge in [-0.2, -0.15) is 14.2 Å². The number of rotatable bonds is 12. The maximum atomic E-state index is 12.8. The Bertz CT molecular complexity index is 737. The third-order valence-corrected chi connectivity index (χ3v) is 6.76. The number of halogens is 5. The molecule has 0 aromatic heterocycles. The second-order valence-corrected chi connectivity index (χ2v) is 11.3. The molecule has 0 radical (unpaired) electrons. The standard InChI is InChI=1S/C11H24F3N5O6S3.2ClH/c12-7-26(20,21)16-11(17-27(22,23)8-13,18-28(24,25)9-14)6-19-3-1-10(5-15)2-4-19;;/h10,16-18H,1-9,15H2;2*1H. The number of hydrogen-bond donors (Lipinski definition) is 4. The molecule has 0 atom stereocenters. The highest BCUT2D eigenvalue weighted by Crippen LogP contribution is 2.18. The zero-order valence-electron chi connectivity index (χ0n) is 15.6. The number of hydrogen-bond acceptors (Lipinski definition) is 8. The Morgan fingerprint density at radius 3 is 1.40 bits per heavy atom. The molecule has 0 unspecified atom stereocenters. The van der Waals surface area contributed by atoms with Crippen LogP contribution in [0.2, 0.25) is 0 Å². The van der Waals surface area contributed by atoms with Gasteiger partial charge in [-0.05, 0) is 38.4 Å². The fraction of sp³-hybridized carbons (Fsp3) is 1.00. The molecule has 11 nitrogen and oxygen atoms in total. The van der Waals surface area contributed by atoms with Crippen LogP contribution < -0.4 is 19.9 Å². The first kappa shape index (κ1) is 32.2. The average Bonchev–Trinajstić information content (AvgIpc) is 2.61. The fourth-order valence-corrected chi connectivity index (χ4v) is 5.20. The Morgan fingerprint density at radius 2 is 1.13 bits per heavy atom. The van der Waals surface area contributed by atoms with Crippen molar-refractivity contribution in [3.05, 3.63) is 0 Å². The van der Waals surface area contributed by atoms with Gasteiger partial charge in [0.25, 0.3) is 0 Å². The number of nitrogens with one attached hydrogen (secondary N) is 3. The maximum Gasteiger partial charge on any atom is 0.243 e. The van der Waals surface area contributed by atoms with Crippen LogP contribution in [0.4, 0.5) is 13.2 Å². The molecule has 1 aliphatic rings. The Hall–Kier alpha value is 0.0200. The van der Waals surface area contributed by atoms with Gasteiger partial charge >= 0.3 is 0 Å². The SMILES string of the molecule is Cl.Cl.NCC1CCN(CC(NS(=O)(=O)CF)(NS(=O)(=O)CF)NS(=O)(=O)CF)CC1. The van der Waals surface area contributed by atoms with E-state index in [2.05, 4.69) is 0 Å². The molecule has 1 heterocycles. The van der Waals surface area contributed by atoms with E-state index < -0.39 is 60.4 Å². The number of piperidine rings is 1. The van der Waals surface area contributed by atoms with Crippen molar-refractivity contribution in [2.24, 2.45) is 11.7 Å². The minimum atomic E-state index is -4.87. The Morgan fingerprint density at radius 1 is 0.800 bits per heavy atom. The summed E-state index contributed by atoms with van der Waals surface area (Å²) < 4.78 is 113. The molecule has 5 N–H and O–H groups in total. The monoisotopic (exact) mass is 547 g/mol. The van der Waals surface area contributed by atoms with Crippen molar-refractivity contribution in [3.8, 4) is 0 Å². The second kappa shape index (κ2) is 12.9. The molecule has 1 saturated heterocycles. The number of nitrogens with two attached hydrogens (primary N) is 1. The molecule has 30 heavy (non-hydrogen) atoms. The highest BCUT2D eigenvalue weighted by molar-refractivity contribution is 7.91. The first-order valence-electron chi connectivity index (χ1n) is 7.97. The summed E-state index contributed by atoms with van der Waals surface area (Å²) in [4.78, 5) is 1.45. The summed E-state index contributed by atoms with van der Waals surface area (Å²) >= 11 is 0. The third-order valence-electron chi connectivity index (χ3n) is 3.92. The quantitative estimate of drug-likeness (QED) is 0.218. The van der Waals surface area contributed by atoms with Crippen LogP contribution in [-0.2, 0) is 30.1 Å². The van der Waals surface area contributed by atoms with Crippen LogP contribution in [0.3, 0.4) is 0 Å². The number of sulfonamides is 3. The Labute approximate surface area is 186 Å². The van der Waals surface area contributed by atoms with Gasteiger partial charge < -0.3 is 5.73 Å². The molecule has 0 aliphatic carbocycles. The van der Waals surface area contributed by atoms with E-state index in [0.717, 1.165) is 0 Å². The normalized spacial score (nSPS) is 17.2. The van der Waals surface area contributed by atoms with Gasteiger partial charge in [0.2, 0.25) is 48.1 Å². The van der Waals surface area contributed by atoms with E-state index in [1.165, 1.54) is 19.1 Å². The number of nitrogens with zero attached hydrogens (tertiary/aromatic N) is 1. The first-order chi connectivity index (χ1) is 12.8. The van der Waals surface area contributed by atoms with Gasteiger partial charge in [-0.3, -0.25) is 4.90 Å². The summed E-state index contributed by atoms with van der Waals surface area (Å²) in [6.45, 7) is 0.212. The fourth-order valence-electron chi connectivity index (χ4n) is 2.75. The molecular formula is C11H26Cl2F3N5O6S3. The first-order valence-corrected chi connectivity index (χ1v) is 12.9. The minimum absolute atomic E-state index is 0. The van der Waals surface area contributed by atoms with Crippen molar-refractivity contribution < 1.29 is 38.4 Å². The van der Waals surface area contributed by atoms with E-state index in [0.29, 0.717) is 19.4 Å². The van der Waals surface area contributed by atoms with E-state index in [-0.39, 0.29) is 43.8 Å². The summed E-state index contributed by atoms with van der Waals surface area (Å²) in [5.74, 6) is -2.69. The molecule has 0 aromatic carbocycles. The highest BCUT2D eigenvalue weighted by Gasteiger charge is 2.43. The van der Waals surface area contributed by atoms with Crippen molar-refractivity contribution in [3.63, 3.8) is 0 Å². The van der Waals surface area contributed by atoms with Crippen LogP contribution in [0.25, 0.3) is 0 Å². The summed E-state index contributed by atoms with van der Waals surface area (Å²) in [7, 11) is -14.6. The van der Waals surface area contributed by atoms with E-state index >= 15 is 0 Å². The van der Waals surface area contributed by atoms with Crippen molar-refractivity contribution in [1.82, 2.24) is 19.1 Å². The topological polar surface area (TPSA) is 168 Å². The number of likely N-dealkylation sites (tertiary alicyclic amines) is 1. The molecule has 1 rings (SSSR count). The zero-order valence-corrected chi connectivity index (χ0v) is 19.7. The summed E-state index contributed by atoms with van der Waals surface area (Å²) in [5.41, 5.74) is 5.56. The average molecular weight is 548 g/mol. The molecule has 0 amide bonds. The van der Waals surface area contributed by atoms with Crippen LogP contribution in [-0.4, -0.2) is 80.1 Å². The van der Waals surface area contributed by atoms with Gasteiger partial charge in [0.15, 0.2) is 5.79 Å². The predicted molar refractivity (Wildman–Crippen MR) is 110 cm³/mol. The minimum Gasteiger partial charge on any atom is -0.330 e. The lowest BCUT2D eigenvalue weighted by Crippen LogP contribution is -2.74. The molecule has 0 spiro atoms. The molecule has 184 valence electrons. The lowest BCUT2D eigenvalue weighted by atomic mass is 9.97. The van der Waals surface area contributed by atoms with Gasteiger partial charge in [0, 0.05) is 6.54 Å². The van der Waals surface area contributed by atoms with Gasteiger partial charge in [-0.15, -0.1) is 24.8 Å². The molecule has 0 saturated carbocycles. The molecule has 19 heteroatoms. The van der Waals surface area contributed by atoms with Crippen LogP contribution in [0.5, 0.6) is 0 Å². The van der Waals surface area contributed by atoms with Crippen molar-refractivity contribution in [2.75, 3.05) is 44.2 Å². The summed E-state index contributed by atoms with van der Waals surface area (Å²) in [6, 6.07) is -6.09. The smallest absolute Gasteiger partial charge is 0.243 e. The molecule has 1 fully saturated rings. The van der Waals surface area contributed by atoms with E-state index in [9.17, 15) is 38.4 Å². The maximum absolute atomic E-state index is 12.8. The second-order valence-electron chi connectivity index (χ2n) is 6.34. The molecule has 0 aromatic rings. The number of alkyl halides is 3. The summed E-state index contributed by atoms with van der Waals surface area (Å²) in [6.07, 6.45) is 1.07. The van der Waals surface area contributed by atoms with Crippen molar-refractivity contribution in [1.29, 1.82) is 0 Å². The zero-order chi connectivity index (χ0) is 21.6. The Balaban J connectivity index is 0. The van der Waals surface area contributed by atoms with E-state index in [1.54, 1.807) is 0 Å².